The van der Waals surface area contributed by atoms with E-state index in [1.54, 1.807) is 17.6 Å². The Labute approximate surface area is 147 Å². The first-order valence-electron chi connectivity index (χ1n) is 8.33. The van der Waals surface area contributed by atoms with Gasteiger partial charge in [0.1, 0.15) is 0 Å². The maximum atomic E-state index is 12.2. The van der Waals surface area contributed by atoms with Crippen LogP contribution in [0.3, 0.4) is 0 Å². The Morgan fingerprint density at radius 1 is 1.25 bits per heavy atom. The van der Waals surface area contributed by atoms with Crippen molar-refractivity contribution in [1.29, 1.82) is 0 Å². The van der Waals surface area contributed by atoms with Gasteiger partial charge in [-0.15, -0.1) is 11.3 Å². The number of hydrogen-bond acceptors (Lipinski definition) is 3. The van der Waals surface area contributed by atoms with Gasteiger partial charge in [-0.25, -0.2) is 5.43 Å². The van der Waals surface area contributed by atoms with Gasteiger partial charge < -0.3 is 0 Å². The second-order valence-corrected chi connectivity index (χ2v) is 8.47. The van der Waals surface area contributed by atoms with Crippen LogP contribution in [0.1, 0.15) is 54.7 Å². The molecule has 4 heteroatoms. The maximum Gasteiger partial charge on any atom is 0.243 e. The van der Waals surface area contributed by atoms with E-state index in [0.717, 1.165) is 11.3 Å². The van der Waals surface area contributed by atoms with E-state index in [1.165, 1.54) is 16.7 Å². The monoisotopic (exact) mass is 340 g/mol. The molecule has 0 radical (unpaired) electrons. The van der Waals surface area contributed by atoms with E-state index in [0.29, 0.717) is 5.92 Å². The van der Waals surface area contributed by atoms with Crippen molar-refractivity contribution in [2.75, 3.05) is 0 Å². The normalized spacial score (nSPS) is 20.3. The first kappa shape index (κ1) is 16.9. The van der Waals surface area contributed by atoms with Crippen molar-refractivity contribution in [3.8, 4) is 0 Å². The molecular formula is C20H24N2OS. The summed E-state index contributed by atoms with van der Waals surface area (Å²) in [5.41, 5.74) is 6.60. The van der Waals surface area contributed by atoms with E-state index in [4.69, 9.17) is 0 Å². The number of hydrogen-bond donors (Lipinski definition) is 1. The van der Waals surface area contributed by atoms with E-state index < -0.39 is 0 Å². The van der Waals surface area contributed by atoms with Crippen molar-refractivity contribution in [1.82, 2.24) is 5.43 Å². The Hall–Kier alpha value is -1.94. The zero-order valence-corrected chi connectivity index (χ0v) is 15.5. The van der Waals surface area contributed by atoms with Crippen LogP contribution in [0.15, 0.2) is 40.8 Å². The molecule has 2 atom stereocenters. The Bertz CT molecular complexity index is 753. The van der Waals surface area contributed by atoms with Crippen LogP contribution >= 0.6 is 11.3 Å². The Kier molecular flexibility index (Phi) is 4.59. The summed E-state index contributed by atoms with van der Waals surface area (Å²) in [6.45, 7) is 8.67. The number of rotatable bonds is 4. The van der Waals surface area contributed by atoms with Crippen LogP contribution in [0.25, 0.3) is 0 Å². The smallest absolute Gasteiger partial charge is 0.243 e. The van der Waals surface area contributed by atoms with E-state index in [1.807, 2.05) is 18.4 Å². The van der Waals surface area contributed by atoms with Crippen LogP contribution in [-0.4, -0.2) is 12.1 Å². The second kappa shape index (κ2) is 6.52. The summed E-state index contributed by atoms with van der Waals surface area (Å²) in [6.07, 6.45) is 2.64. The van der Waals surface area contributed by atoms with E-state index >= 15 is 0 Å². The quantitative estimate of drug-likeness (QED) is 0.641. The molecule has 0 aliphatic heterocycles. The van der Waals surface area contributed by atoms with Crippen LogP contribution < -0.4 is 5.43 Å². The fourth-order valence-corrected chi connectivity index (χ4v) is 3.62. The predicted molar refractivity (Wildman–Crippen MR) is 101 cm³/mol. The van der Waals surface area contributed by atoms with Crippen LogP contribution in [0, 0.1) is 12.8 Å². The average molecular weight is 340 g/mol. The van der Waals surface area contributed by atoms with Crippen molar-refractivity contribution in [3.05, 3.63) is 57.3 Å². The summed E-state index contributed by atoms with van der Waals surface area (Å²) in [5.74, 6) is 0.398. The minimum absolute atomic E-state index is 0.0188. The lowest BCUT2D eigenvalue weighted by Gasteiger charge is -2.19. The molecule has 126 valence electrons. The molecule has 1 saturated carbocycles. The summed E-state index contributed by atoms with van der Waals surface area (Å²) in [5, 5.41) is 6.12. The van der Waals surface area contributed by atoms with Gasteiger partial charge in [0.2, 0.25) is 5.91 Å². The molecule has 0 bridgehead atoms. The summed E-state index contributed by atoms with van der Waals surface area (Å²) in [7, 11) is 0. The summed E-state index contributed by atoms with van der Waals surface area (Å²) >= 11 is 1.63. The number of nitrogens with one attached hydrogen (secondary N) is 1. The number of aryl methyl sites for hydroxylation is 1. The van der Waals surface area contributed by atoms with E-state index in [9.17, 15) is 4.79 Å². The molecule has 3 nitrogen and oxygen atoms in total. The largest absolute Gasteiger partial charge is 0.273 e. The van der Waals surface area contributed by atoms with Gasteiger partial charge in [0.15, 0.2) is 0 Å². The average Bonchev–Trinajstić information content (AvgIpc) is 3.24. The minimum Gasteiger partial charge on any atom is -0.273 e. The van der Waals surface area contributed by atoms with Gasteiger partial charge in [-0.05, 0) is 52.8 Å². The molecule has 1 amide bonds. The molecule has 1 aromatic carbocycles. The SMILES string of the molecule is Cc1ccsc1C=NNC(=O)C1CC1c1ccc(C(C)(C)C)cc1. The minimum atomic E-state index is 0.0188. The lowest BCUT2D eigenvalue weighted by atomic mass is 9.86. The third-order valence-corrected chi connectivity index (χ3v) is 5.54. The van der Waals surface area contributed by atoms with Gasteiger partial charge in [0, 0.05) is 10.8 Å². The fraction of sp³-hybridized carbons (Fsp3) is 0.400. The number of benzene rings is 1. The van der Waals surface area contributed by atoms with Gasteiger partial charge in [-0.2, -0.15) is 5.10 Å². The van der Waals surface area contributed by atoms with Gasteiger partial charge >= 0.3 is 0 Å². The van der Waals surface area contributed by atoms with E-state index in [-0.39, 0.29) is 17.2 Å². The molecule has 0 spiro atoms. The summed E-state index contributed by atoms with van der Waals surface area (Å²) < 4.78 is 0. The number of nitrogens with zero attached hydrogens (tertiary/aromatic N) is 1. The number of carbonyl (C=O) groups is 1. The van der Waals surface area contributed by atoms with Crippen LogP contribution in [0.4, 0.5) is 0 Å². The molecule has 1 heterocycles. The number of thiophene rings is 1. The molecule has 24 heavy (non-hydrogen) atoms. The molecule has 1 aromatic heterocycles. The van der Waals surface area contributed by atoms with Crippen molar-refractivity contribution in [2.24, 2.45) is 11.0 Å². The molecule has 3 rings (SSSR count). The first-order valence-corrected chi connectivity index (χ1v) is 9.21. The highest BCUT2D eigenvalue weighted by atomic mass is 32.1. The van der Waals surface area contributed by atoms with Crippen LogP contribution in [0.2, 0.25) is 0 Å². The zero-order valence-electron chi connectivity index (χ0n) is 14.7. The third kappa shape index (κ3) is 3.75. The molecule has 2 aromatic rings. The maximum absolute atomic E-state index is 12.2. The number of carbonyl (C=O) groups excluding carboxylic acids is 1. The topological polar surface area (TPSA) is 41.5 Å². The molecular weight excluding hydrogens is 316 g/mol. The lowest BCUT2D eigenvalue weighted by Crippen LogP contribution is -2.20. The molecule has 1 N–H and O–H groups in total. The second-order valence-electron chi connectivity index (χ2n) is 7.52. The fourth-order valence-electron chi connectivity index (χ4n) is 2.84. The van der Waals surface area contributed by atoms with Gasteiger partial charge in [0.25, 0.3) is 0 Å². The highest BCUT2D eigenvalue weighted by Gasteiger charge is 2.43. The Morgan fingerprint density at radius 3 is 2.54 bits per heavy atom. The van der Waals surface area contributed by atoms with Crippen molar-refractivity contribution < 1.29 is 4.79 Å². The predicted octanol–water partition coefficient (Wildman–Crippen LogP) is 4.61. The van der Waals surface area contributed by atoms with Crippen LogP contribution in [0.5, 0.6) is 0 Å². The molecule has 1 aliphatic rings. The lowest BCUT2D eigenvalue weighted by molar-refractivity contribution is -0.122. The summed E-state index contributed by atoms with van der Waals surface area (Å²) in [6, 6.07) is 10.7. The molecule has 0 saturated heterocycles. The molecule has 1 aliphatic carbocycles. The molecule has 1 fully saturated rings. The van der Waals surface area contributed by atoms with Gasteiger partial charge in [-0.3, -0.25) is 4.79 Å². The standard InChI is InChI=1S/C20H24N2OS/c1-13-9-10-24-18(13)12-21-22-19(23)17-11-16(17)14-5-7-15(8-6-14)20(2,3)4/h5-10,12,16-17H,11H2,1-4H3,(H,22,23). The Morgan fingerprint density at radius 2 is 1.96 bits per heavy atom. The molecule has 2 unspecified atom stereocenters. The van der Waals surface area contributed by atoms with Gasteiger partial charge in [-0.1, -0.05) is 45.0 Å². The summed E-state index contributed by atoms with van der Waals surface area (Å²) in [4.78, 5) is 13.3. The third-order valence-electron chi connectivity index (χ3n) is 4.59. The van der Waals surface area contributed by atoms with Crippen molar-refractivity contribution in [2.45, 2.75) is 45.4 Å². The highest BCUT2D eigenvalue weighted by molar-refractivity contribution is 7.11. The highest BCUT2D eigenvalue weighted by Crippen LogP contribution is 2.47. The van der Waals surface area contributed by atoms with Crippen molar-refractivity contribution >= 4 is 23.5 Å². The van der Waals surface area contributed by atoms with Crippen molar-refractivity contribution in [3.63, 3.8) is 0 Å². The number of hydrazone groups is 1. The Balaban J connectivity index is 1.56. The van der Waals surface area contributed by atoms with Gasteiger partial charge in [0.05, 0.1) is 6.21 Å². The van der Waals surface area contributed by atoms with E-state index in [2.05, 4.69) is 55.6 Å². The first-order chi connectivity index (χ1) is 11.4. The zero-order chi connectivity index (χ0) is 17.3. The number of amides is 1. The van der Waals surface area contributed by atoms with Crippen LogP contribution in [-0.2, 0) is 10.2 Å².